The Morgan fingerprint density at radius 3 is 2.81 bits per heavy atom. The van der Waals surface area contributed by atoms with E-state index in [1.807, 2.05) is 24.3 Å². The van der Waals surface area contributed by atoms with Gasteiger partial charge >= 0.3 is 0 Å². The fraction of sp³-hybridized carbons (Fsp3) is 0.300. The van der Waals surface area contributed by atoms with Crippen molar-refractivity contribution in [1.29, 1.82) is 0 Å². The average molecular weight is 349 g/mol. The number of carbonyl (C=O) groups excluding carboxylic acids is 1. The predicted octanol–water partition coefficient (Wildman–Crippen LogP) is 2.24. The van der Waals surface area contributed by atoms with Crippen LogP contribution in [0.1, 0.15) is 15.9 Å². The number of fused-ring (bicyclic) bond motifs is 1. The summed E-state index contributed by atoms with van der Waals surface area (Å²) >= 11 is 0. The van der Waals surface area contributed by atoms with Gasteiger partial charge in [0.15, 0.2) is 0 Å². The quantitative estimate of drug-likeness (QED) is 0.758. The number of nitrogens with zero attached hydrogens (tertiary/aromatic N) is 3. The Bertz CT molecular complexity index is 911. The third-order valence-corrected chi connectivity index (χ3v) is 4.96. The van der Waals surface area contributed by atoms with E-state index >= 15 is 0 Å². The van der Waals surface area contributed by atoms with Gasteiger partial charge in [-0.05, 0) is 36.9 Å². The minimum absolute atomic E-state index is 0.0744. The average Bonchev–Trinajstić information content (AvgIpc) is 3.15. The number of anilines is 1. The van der Waals surface area contributed by atoms with Crippen LogP contribution in [-0.4, -0.2) is 54.0 Å². The molecule has 0 bridgehead atoms. The van der Waals surface area contributed by atoms with Crippen molar-refractivity contribution in [2.75, 3.05) is 38.1 Å². The predicted molar refractivity (Wildman–Crippen MR) is 103 cm³/mol. The van der Waals surface area contributed by atoms with Crippen LogP contribution in [0.15, 0.2) is 48.8 Å². The van der Waals surface area contributed by atoms with Gasteiger partial charge in [0, 0.05) is 44.0 Å². The van der Waals surface area contributed by atoms with Crippen molar-refractivity contribution in [3.8, 4) is 0 Å². The molecule has 6 nitrogen and oxygen atoms in total. The molecular formula is C20H23N5O. The van der Waals surface area contributed by atoms with Crippen LogP contribution in [0.25, 0.3) is 11.0 Å². The molecule has 0 radical (unpaired) electrons. The van der Waals surface area contributed by atoms with Crippen molar-refractivity contribution in [1.82, 2.24) is 20.2 Å². The zero-order valence-electron chi connectivity index (χ0n) is 14.9. The summed E-state index contributed by atoms with van der Waals surface area (Å²) in [6.07, 6.45) is 1.64. The molecule has 134 valence electrons. The number of hydrogen-bond donors (Lipinski definition) is 2. The number of hydrogen-bond acceptors (Lipinski definition) is 4. The van der Waals surface area contributed by atoms with Gasteiger partial charge in [0.2, 0.25) is 0 Å². The van der Waals surface area contributed by atoms with Crippen molar-refractivity contribution in [3.63, 3.8) is 0 Å². The van der Waals surface area contributed by atoms with Crippen molar-refractivity contribution in [3.05, 3.63) is 59.9 Å². The van der Waals surface area contributed by atoms with E-state index in [0.29, 0.717) is 12.1 Å². The number of carbonyl (C=O) groups is 1. The molecule has 1 aliphatic rings. The lowest BCUT2D eigenvalue weighted by Gasteiger charge is -2.35. The molecule has 1 aliphatic heterocycles. The smallest absolute Gasteiger partial charge is 0.251 e. The van der Waals surface area contributed by atoms with E-state index in [4.69, 9.17) is 0 Å². The van der Waals surface area contributed by atoms with Crippen molar-refractivity contribution >= 4 is 22.6 Å². The molecule has 0 spiro atoms. The van der Waals surface area contributed by atoms with Crippen LogP contribution >= 0.6 is 0 Å². The highest BCUT2D eigenvalue weighted by atomic mass is 16.1. The Kier molecular flexibility index (Phi) is 4.58. The maximum Gasteiger partial charge on any atom is 0.251 e. The van der Waals surface area contributed by atoms with Gasteiger partial charge < -0.3 is 20.1 Å². The number of nitrogens with one attached hydrogen (secondary N) is 2. The minimum atomic E-state index is -0.0744. The van der Waals surface area contributed by atoms with Gasteiger partial charge in [-0.1, -0.05) is 18.2 Å². The lowest BCUT2D eigenvalue weighted by Crippen LogP contribution is -2.45. The largest absolute Gasteiger partial charge is 0.369 e. The number of amides is 1. The van der Waals surface area contributed by atoms with Crippen molar-refractivity contribution in [2.24, 2.45) is 0 Å². The molecule has 0 unspecified atom stereocenters. The van der Waals surface area contributed by atoms with Gasteiger partial charge in [-0.15, -0.1) is 0 Å². The molecule has 26 heavy (non-hydrogen) atoms. The first-order valence-electron chi connectivity index (χ1n) is 8.93. The van der Waals surface area contributed by atoms with E-state index in [2.05, 4.69) is 50.3 Å². The normalized spacial score (nSPS) is 15.3. The standard InChI is InChI=1S/C20H23N5O/c1-24-8-10-25(11-9-24)19-5-3-2-4-16(19)13-21-20(26)15-6-7-17-18(12-15)23-14-22-17/h2-7,12,14H,8-11,13H2,1H3,(H,21,26)(H,22,23). The van der Waals surface area contributed by atoms with Crippen LogP contribution in [0.5, 0.6) is 0 Å². The van der Waals surface area contributed by atoms with Gasteiger partial charge in [0.25, 0.3) is 5.91 Å². The molecule has 0 atom stereocenters. The summed E-state index contributed by atoms with van der Waals surface area (Å²) < 4.78 is 0. The topological polar surface area (TPSA) is 64.3 Å². The van der Waals surface area contributed by atoms with Crippen molar-refractivity contribution < 1.29 is 4.79 Å². The number of likely N-dealkylation sites (N-methyl/N-ethyl adjacent to an activating group) is 1. The first-order chi connectivity index (χ1) is 12.7. The molecule has 1 amide bonds. The van der Waals surface area contributed by atoms with Crippen LogP contribution in [0, 0.1) is 0 Å². The second kappa shape index (κ2) is 7.17. The van der Waals surface area contributed by atoms with Gasteiger partial charge in [-0.3, -0.25) is 4.79 Å². The molecule has 1 saturated heterocycles. The molecule has 2 heterocycles. The maximum atomic E-state index is 12.5. The lowest BCUT2D eigenvalue weighted by atomic mass is 10.1. The lowest BCUT2D eigenvalue weighted by molar-refractivity contribution is 0.0951. The highest BCUT2D eigenvalue weighted by Gasteiger charge is 2.17. The Morgan fingerprint density at radius 2 is 1.96 bits per heavy atom. The Morgan fingerprint density at radius 1 is 1.15 bits per heavy atom. The maximum absolute atomic E-state index is 12.5. The van der Waals surface area contributed by atoms with E-state index in [-0.39, 0.29) is 5.91 Å². The fourth-order valence-corrected chi connectivity index (χ4v) is 3.37. The van der Waals surface area contributed by atoms with Gasteiger partial charge in [-0.25, -0.2) is 4.98 Å². The number of para-hydroxylation sites is 1. The number of piperazine rings is 1. The number of benzene rings is 2. The van der Waals surface area contributed by atoms with E-state index in [9.17, 15) is 4.79 Å². The number of aromatic nitrogens is 2. The molecule has 0 aliphatic carbocycles. The highest BCUT2D eigenvalue weighted by molar-refractivity contribution is 5.97. The first-order valence-corrected chi connectivity index (χ1v) is 8.93. The SMILES string of the molecule is CN1CCN(c2ccccc2CNC(=O)c2ccc3nc[nH]c3c2)CC1. The Balaban J connectivity index is 1.46. The molecule has 2 aromatic carbocycles. The molecule has 1 fully saturated rings. The fourth-order valence-electron chi connectivity index (χ4n) is 3.37. The van der Waals surface area contributed by atoms with Crippen LogP contribution < -0.4 is 10.2 Å². The van der Waals surface area contributed by atoms with E-state index in [1.54, 1.807) is 6.33 Å². The molecule has 1 aromatic heterocycles. The summed E-state index contributed by atoms with van der Waals surface area (Å²) in [6.45, 7) is 4.66. The number of rotatable bonds is 4. The van der Waals surface area contributed by atoms with E-state index < -0.39 is 0 Å². The summed E-state index contributed by atoms with van der Waals surface area (Å²) in [5.74, 6) is -0.0744. The Hall–Kier alpha value is -2.86. The molecule has 2 N–H and O–H groups in total. The van der Waals surface area contributed by atoms with Crippen LogP contribution in [0.4, 0.5) is 5.69 Å². The molecular weight excluding hydrogens is 326 g/mol. The third-order valence-electron chi connectivity index (χ3n) is 4.96. The number of aromatic amines is 1. The van der Waals surface area contributed by atoms with Crippen molar-refractivity contribution in [2.45, 2.75) is 6.54 Å². The summed E-state index contributed by atoms with van der Waals surface area (Å²) in [5.41, 5.74) is 4.73. The first kappa shape index (κ1) is 16.6. The highest BCUT2D eigenvalue weighted by Crippen LogP contribution is 2.22. The van der Waals surface area contributed by atoms with E-state index in [0.717, 1.165) is 42.8 Å². The molecule has 3 aromatic rings. The monoisotopic (exact) mass is 349 g/mol. The van der Waals surface area contributed by atoms with Crippen LogP contribution in [0.3, 0.4) is 0 Å². The third kappa shape index (κ3) is 3.41. The number of imidazole rings is 1. The van der Waals surface area contributed by atoms with E-state index in [1.165, 1.54) is 5.69 Å². The second-order valence-electron chi connectivity index (χ2n) is 6.74. The van der Waals surface area contributed by atoms with Crippen LogP contribution in [0.2, 0.25) is 0 Å². The molecule has 4 rings (SSSR count). The molecule has 6 heteroatoms. The second-order valence-corrected chi connectivity index (χ2v) is 6.74. The summed E-state index contributed by atoms with van der Waals surface area (Å²) in [6, 6.07) is 13.8. The number of H-pyrrole nitrogens is 1. The zero-order valence-corrected chi connectivity index (χ0v) is 14.9. The van der Waals surface area contributed by atoms with Gasteiger partial charge in [-0.2, -0.15) is 0 Å². The van der Waals surface area contributed by atoms with Crippen LogP contribution in [-0.2, 0) is 6.54 Å². The minimum Gasteiger partial charge on any atom is -0.369 e. The molecule has 0 saturated carbocycles. The summed E-state index contributed by atoms with van der Waals surface area (Å²) in [7, 11) is 2.15. The van der Waals surface area contributed by atoms with Gasteiger partial charge in [0.05, 0.1) is 17.4 Å². The summed E-state index contributed by atoms with van der Waals surface area (Å²) in [4.78, 5) is 24.5. The summed E-state index contributed by atoms with van der Waals surface area (Å²) in [5, 5.41) is 3.05. The van der Waals surface area contributed by atoms with Gasteiger partial charge in [0.1, 0.15) is 0 Å². The zero-order chi connectivity index (χ0) is 17.9. The Labute approximate surface area is 152 Å².